The van der Waals surface area contributed by atoms with Crippen molar-refractivity contribution < 1.29 is 0 Å². The van der Waals surface area contributed by atoms with Crippen LogP contribution in [0.3, 0.4) is 0 Å². The molecule has 0 N–H and O–H groups in total. The SMILES string of the molecule is CC1(C)[C-]=C([P+](C)(C)C)C=N1. The Morgan fingerprint density at radius 1 is 1.36 bits per heavy atom. The van der Waals surface area contributed by atoms with E-state index in [0.717, 1.165) is 0 Å². The fourth-order valence-electron chi connectivity index (χ4n) is 0.941. The van der Waals surface area contributed by atoms with Crippen LogP contribution < -0.4 is 0 Å². The molecule has 0 aromatic carbocycles. The molecular formula is C9H16NP. The second-order valence-electron chi connectivity index (χ2n) is 4.34. The van der Waals surface area contributed by atoms with Crippen LogP contribution in [0.2, 0.25) is 0 Å². The van der Waals surface area contributed by atoms with Gasteiger partial charge in [-0.05, 0) is 5.54 Å². The molecule has 0 aliphatic carbocycles. The van der Waals surface area contributed by atoms with Crippen LogP contribution in [0.1, 0.15) is 13.8 Å². The molecule has 0 saturated heterocycles. The number of hydrogen-bond acceptors (Lipinski definition) is 1. The molecule has 0 amide bonds. The highest BCUT2D eigenvalue weighted by atomic mass is 31.2. The summed E-state index contributed by atoms with van der Waals surface area (Å²) in [5.41, 5.74) is -0.0669. The normalized spacial score (nSPS) is 22.1. The lowest BCUT2D eigenvalue weighted by Gasteiger charge is -2.20. The highest BCUT2D eigenvalue weighted by Gasteiger charge is 2.21. The molecule has 0 spiro atoms. The lowest BCUT2D eigenvalue weighted by atomic mass is 10.1. The van der Waals surface area contributed by atoms with Gasteiger partial charge < -0.3 is 4.99 Å². The van der Waals surface area contributed by atoms with E-state index in [4.69, 9.17) is 0 Å². The topological polar surface area (TPSA) is 12.4 Å². The minimum absolute atomic E-state index is 0.0669. The maximum atomic E-state index is 4.37. The first kappa shape index (κ1) is 8.93. The maximum Gasteiger partial charge on any atom is 0.0501 e. The predicted molar refractivity (Wildman–Crippen MR) is 54.0 cm³/mol. The molecule has 11 heavy (non-hydrogen) atoms. The van der Waals surface area contributed by atoms with Gasteiger partial charge in [0.2, 0.25) is 0 Å². The Balaban J connectivity index is 2.89. The van der Waals surface area contributed by atoms with E-state index in [1.807, 2.05) is 6.21 Å². The molecule has 2 heteroatoms. The Hall–Kier alpha value is -0.160. The third-order valence-electron chi connectivity index (χ3n) is 1.67. The zero-order chi connectivity index (χ0) is 8.70. The van der Waals surface area contributed by atoms with Crippen molar-refractivity contribution in [3.8, 4) is 0 Å². The summed E-state index contributed by atoms with van der Waals surface area (Å²) in [6, 6.07) is 0. The molecule has 0 atom stereocenters. The van der Waals surface area contributed by atoms with Crippen molar-refractivity contribution in [3.05, 3.63) is 11.4 Å². The minimum Gasteiger partial charge on any atom is -0.392 e. The van der Waals surface area contributed by atoms with E-state index in [0.29, 0.717) is 0 Å². The lowest BCUT2D eigenvalue weighted by molar-refractivity contribution is 0.652. The largest absolute Gasteiger partial charge is 0.392 e. The molecule has 0 aromatic heterocycles. The standard InChI is InChI=1S/C9H16NP/c1-9(2)6-8(7-10-9)11(3,4)5/h7H,1-5H3. The lowest BCUT2D eigenvalue weighted by Crippen LogP contribution is -2.09. The molecule has 1 rings (SSSR count). The summed E-state index contributed by atoms with van der Waals surface area (Å²) >= 11 is 0. The molecule has 0 fully saturated rings. The van der Waals surface area contributed by atoms with Crippen LogP contribution in [0, 0.1) is 6.08 Å². The van der Waals surface area contributed by atoms with Crippen LogP contribution in [0.4, 0.5) is 0 Å². The van der Waals surface area contributed by atoms with Gasteiger partial charge in [-0.25, -0.2) is 6.08 Å². The smallest absolute Gasteiger partial charge is 0.0501 e. The fourth-order valence-corrected chi connectivity index (χ4v) is 1.95. The molecule has 1 nitrogen and oxygen atoms in total. The third kappa shape index (κ3) is 2.13. The molecule has 1 aliphatic rings. The van der Waals surface area contributed by atoms with E-state index in [9.17, 15) is 0 Å². The highest BCUT2D eigenvalue weighted by Crippen LogP contribution is 2.56. The third-order valence-corrected chi connectivity index (χ3v) is 3.34. The van der Waals surface area contributed by atoms with E-state index in [-0.39, 0.29) is 5.54 Å². The quantitative estimate of drug-likeness (QED) is 0.422. The van der Waals surface area contributed by atoms with Crippen molar-refractivity contribution in [3.63, 3.8) is 0 Å². The molecule has 0 bridgehead atoms. The molecule has 0 radical (unpaired) electrons. The van der Waals surface area contributed by atoms with Gasteiger partial charge in [0.05, 0.1) is 20.0 Å². The van der Waals surface area contributed by atoms with Crippen molar-refractivity contribution in [2.45, 2.75) is 19.4 Å². The van der Waals surface area contributed by atoms with Gasteiger partial charge in [-0.3, -0.25) is 0 Å². The number of rotatable bonds is 1. The van der Waals surface area contributed by atoms with E-state index in [2.05, 4.69) is 44.9 Å². The van der Waals surface area contributed by atoms with Crippen LogP contribution >= 0.6 is 7.26 Å². The zero-order valence-electron chi connectivity index (χ0n) is 7.97. The Morgan fingerprint density at radius 2 is 1.91 bits per heavy atom. The fraction of sp³-hybridized carbons (Fsp3) is 0.667. The van der Waals surface area contributed by atoms with Gasteiger partial charge >= 0.3 is 0 Å². The molecule has 0 unspecified atom stereocenters. The zero-order valence-corrected chi connectivity index (χ0v) is 8.87. The number of allylic oxidation sites excluding steroid dienone is 1. The van der Waals surface area contributed by atoms with Gasteiger partial charge in [-0.1, -0.05) is 25.4 Å². The maximum absolute atomic E-state index is 4.37. The average molecular weight is 169 g/mol. The van der Waals surface area contributed by atoms with Gasteiger partial charge in [-0.2, -0.15) is 0 Å². The van der Waals surface area contributed by atoms with E-state index < -0.39 is 7.26 Å². The van der Waals surface area contributed by atoms with Crippen molar-refractivity contribution >= 4 is 13.5 Å². The monoisotopic (exact) mass is 169 g/mol. The second kappa shape index (κ2) is 2.42. The minimum atomic E-state index is -0.887. The molecule has 1 heterocycles. The highest BCUT2D eigenvalue weighted by molar-refractivity contribution is 7.78. The van der Waals surface area contributed by atoms with Crippen LogP contribution in [-0.4, -0.2) is 31.7 Å². The summed E-state index contributed by atoms with van der Waals surface area (Å²) < 4.78 is 0. The van der Waals surface area contributed by atoms with Gasteiger partial charge in [0, 0.05) is 7.26 Å². The van der Waals surface area contributed by atoms with Crippen LogP contribution in [-0.2, 0) is 0 Å². The van der Waals surface area contributed by atoms with Crippen molar-refractivity contribution in [1.29, 1.82) is 0 Å². The molecular weight excluding hydrogens is 153 g/mol. The van der Waals surface area contributed by atoms with Gasteiger partial charge in [-0.15, -0.1) is 0 Å². The summed E-state index contributed by atoms with van der Waals surface area (Å²) in [5, 5.41) is 1.34. The van der Waals surface area contributed by atoms with Crippen molar-refractivity contribution in [1.82, 2.24) is 0 Å². The Morgan fingerprint density at radius 3 is 2.09 bits per heavy atom. The molecule has 62 valence electrons. The first-order chi connectivity index (χ1) is 4.81. The number of aliphatic imine (C=N–C) groups is 1. The molecule has 0 aromatic rings. The first-order valence-electron chi connectivity index (χ1n) is 3.84. The van der Waals surface area contributed by atoms with E-state index >= 15 is 0 Å². The second-order valence-corrected chi connectivity index (χ2v) is 8.85. The average Bonchev–Trinajstić information content (AvgIpc) is 2.07. The van der Waals surface area contributed by atoms with Gasteiger partial charge in [0.25, 0.3) is 0 Å². The van der Waals surface area contributed by atoms with Crippen molar-refractivity contribution in [2.24, 2.45) is 4.99 Å². The number of hydrogen-bond donors (Lipinski definition) is 0. The molecule has 1 aliphatic heterocycles. The van der Waals surface area contributed by atoms with Crippen molar-refractivity contribution in [2.75, 3.05) is 20.0 Å². The first-order valence-corrected chi connectivity index (χ1v) is 6.97. The molecule has 0 saturated carbocycles. The van der Waals surface area contributed by atoms with E-state index in [1.165, 1.54) is 5.31 Å². The Kier molecular flexibility index (Phi) is 1.96. The van der Waals surface area contributed by atoms with E-state index in [1.54, 1.807) is 0 Å². The van der Waals surface area contributed by atoms with Gasteiger partial charge in [0.15, 0.2) is 0 Å². The summed E-state index contributed by atoms with van der Waals surface area (Å²) in [5.74, 6) is 0. The Labute approximate surface area is 69.9 Å². The number of nitrogens with zero attached hydrogens (tertiary/aromatic N) is 1. The summed E-state index contributed by atoms with van der Waals surface area (Å²) in [6.45, 7) is 11.1. The van der Waals surface area contributed by atoms with Crippen LogP contribution in [0.25, 0.3) is 0 Å². The Bertz CT molecular complexity index is 218. The predicted octanol–water partition coefficient (Wildman–Crippen LogP) is 2.44. The van der Waals surface area contributed by atoms with Gasteiger partial charge in [0.1, 0.15) is 0 Å². The summed E-state index contributed by atoms with van der Waals surface area (Å²) in [4.78, 5) is 4.37. The summed E-state index contributed by atoms with van der Waals surface area (Å²) in [7, 11) is -0.887. The van der Waals surface area contributed by atoms with Crippen LogP contribution in [0.15, 0.2) is 10.3 Å². The summed E-state index contributed by atoms with van der Waals surface area (Å²) in [6.07, 6.45) is 5.41. The van der Waals surface area contributed by atoms with Crippen LogP contribution in [0.5, 0.6) is 0 Å².